The third kappa shape index (κ3) is 3.60. The van der Waals surface area contributed by atoms with Gasteiger partial charge in [0.25, 0.3) is 0 Å². The Balaban J connectivity index is 5.12. The fourth-order valence-electron chi connectivity index (χ4n) is 1.08. The van der Waals surface area contributed by atoms with E-state index in [2.05, 4.69) is 4.74 Å². The topological polar surface area (TPSA) is 46.5 Å². The van der Waals surface area contributed by atoms with Gasteiger partial charge in [0, 0.05) is 0 Å². The van der Waals surface area contributed by atoms with E-state index in [4.69, 9.17) is 5.11 Å². The van der Waals surface area contributed by atoms with Crippen LogP contribution < -0.4 is 0 Å². The second-order valence-electron chi connectivity index (χ2n) is 3.60. The van der Waals surface area contributed by atoms with Gasteiger partial charge in [-0.2, -0.15) is 26.3 Å². The normalized spacial score (nSPS) is 15.5. The van der Waals surface area contributed by atoms with Crippen LogP contribution in [0.2, 0.25) is 0 Å². The average molecular weight is 304 g/mol. The lowest BCUT2D eigenvalue weighted by molar-refractivity contribution is -0.342. The van der Waals surface area contributed by atoms with Crippen molar-refractivity contribution >= 4 is 6.16 Å². The first-order valence-electron chi connectivity index (χ1n) is 4.57. The summed E-state index contributed by atoms with van der Waals surface area (Å²) < 4.78 is 103. The third-order valence-electron chi connectivity index (χ3n) is 2.00. The molecular formula is C8H8F8O3. The number of hydrogen-bond donors (Lipinski definition) is 1. The molecule has 0 aromatic carbocycles. The average Bonchev–Trinajstić information content (AvgIpc) is 2.13. The highest BCUT2D eigenvalue weighted by Crippen LogP contribution is 2.50. The Hall–Kier alpha value is -1.29. The summed E-state index contributed by atoms with van der Waals surface area (Å²) in [5, 5.41) is 8.01. The van der Waals surface area contributed by atoms with Gasteiger partial charge in [0.05, 0.1) is 6.42 Å². The fraction of sp³-hybridized carbons (Fsp3) is 0.875. The lowest BCUT2D eigenvalue weighted by Gasteiger charge is -2.33. The quantitative estimate of drug-likeness (QED) is 0.602. The molecule has 0 aromatic heterocycles. The molecule has 1 N–H and O–H groups in total. The second-order valence-corrected chi connectivity index (χ2v) is 3.60. The molecule has 19 heavy (non-hydrogen) atoms. The molecule has 0 bridgehead atoms. The summed E-state index contributed by atoms with van der Waals surface area (Å²) in [7, 11) is 0. The number of carboxylic acid groups (broad SMARTS) is 1. The smallest absolute Gasteiger partial charge is 0.450 e. The molecule has 0 aromatic rings. The Bertz CT molecular complexity index is 330. The first kappa shape index (κ1) is 17.7. The Morgan fingerprint density at radius 2 is 1.58 bits per heavy atom. The third-order valence-corrected chi connectivity index (χ3v) is 2.00. The minimum atomic E-state index is -6.36. The molecule has 0 aliphatic rings. The van der Waals surface area contributed by atoms with E-state index in [-0.39, 0.29) is 0 Å². The first-order chi connectivity index (χ1) is 8.25. The molecule has 0 heterocycles. The van der Waals surface area contributed by atoms with Gasteiger partial charge in [-0.1, -0.05) is 0 Å². The van der Waals surface area contributed by atoms with E-state index < -0.39 is 42.9 Å². The lowest BCUT2D eigenvalue weighted by Crippen LogP contribution is -2.58. The maximum Gasteiger partial charge on any atom is 0.506 e. The zero-order valence-electron chi connectivity index (χ0n) is 9.15. The van der Waals surface area contributed by atoms with Crippen LogP contribution in [0.1, 0.15) is 13.3 Å². The highest BCUT2D eigenvalue weighted by Gasteiger charge is 2.75. The summed E-state index contributed by atoms with van der Waals surface area (Å²) >= 11 is 0. The zero-order chi connectivity index (χ0) is 15.6. The van der Waals surface area contributed by atoms with E-state index >= 15 is 0 Å². The van der Waals surface area contributed by atoms with Gasteiger partial charge in [-0.05, 0) is 6.92 Å². The second kappa shape index (κ2) is 5.37. The summed E-state index contributed by atoms with van der Waals surface area (Å²) in [5.41, 5.74) is 0. The number of alkyl halides is 8. The molecule has 1 atom stereocenters. The molecule has 0 amide bonds. The zero-order valence-corrected chi connectivity index (χ0v) is 9.15. The van der Waals surface area contributed by atoms with Crippen molar-refractivity contribution in [2.45, 2.75) is 43.6 Å². The molecule has 3 nitrogen and oxygen atoms in total. The molecule has 0 aliphatic heterocycles. The van der Waals surface area contributed by atoms with Gasteiger partial charge in [0.1, 0.15) is 6.10 Å². The van der Waals surface area contributed by atoms with Crippen LogP contribution in [0.4, 0.5) is 39.9 Å². The van der Waals surface area contributed by atoms with E-state index in [9.17, 15) is 39.9 Å². The SMILES string of the molecule is CC(CC(F)(F)C(F)(F)C(F)(F)C(F)F)OC(=O)O. The number of halogens is 8. The van der Waals surface area contributed by atoms with Crippen LogP contribution in [0.3, 0.4) is 0 Å². The van der Waals surface area contributed by atoms with E-state index in [0.717, 1.165) is 0 Å². The Morgan fingerprint density at radius 3 is 1.89 bits per heavy atom. The van der Waals surface area contributed by atoms with Crippen molar-refractivity contribution in [1.29, 1.82) is 0 Å². The summed E-state index contributed by atoms with van der Waals surface area (Å²) in [6, 6.07) is 0. The largest absolute Gasteiger partial charge is 0.506 e. The van der Waals surface area contributed by atoms with Crippen molar-refractivity contribution < 1.29 is 49.8 Å². The first-order valence-corrected chi connectivity index (χ1v) is 4.57. The van der Waals surface area contributed by atoms with Crippen LogP contribution in [0.25, 0.3) is 0 Å². The molecule has 0 aliphatic carbocycles. The molecule has 11 heteroatoms. The van der Waals surface area contributed by atoms with Crippen molar-refractivity contribution in [3.8, 4) is 0 Å². The van der Waals surface area contributed by atoms with Crippen molar-refractivity contribution in [2.75, 3.05) is 0 Å². The van der Waals surface area contributed by atoms with Crippen LogP contribution in [-0.4, -0.2) is 41.6 Å². The van der Waals surface area contributed by atoms with E-state index in [1.165, 1.54) is 0 Å². The predicted octanol–water partition coefficient (Wildman–Crippen LogP) is 3.63. The molecule has 0 spiro atoms. The summed E-state index contributed by atoms with van der Waals surface area (Å²) in [6.45, 7) is 0.582. The molecular weight excluding hydrogens is 296 g/mol. The minimum Gasteiger partial charge on any atom is -0.450 e. The predicted molar refractivity (Wildman–Crippen MR) is 44.0 cm³/mol. The highest BCUT2D eigenvalue weighted by atomic mass is 19.4. The maximum absolute atomic E-state index is 12.9. The summed E-state index contributed by atoms with van der Waals surface area (Å²) in [6.07, 6.45) is -11.4. The standard InChI is InChI=1S/C8H8F8O3/c1-3(19-5(17)18)2-6(11,12)8(15,16)7(13,14)4(9)10/h3-4H,2H2,1H3,(H,17,18). The monoisotopic (exact) mass is 304 g/mol. The Labute approximate surface area is 101 Å². The van der Waals surface area contributed by atoms with E-state index in [1.807, 2.05) is 0 Å². The van der Waals surface area contributed by atoms with Gasteiger partial charge < -0.3 is 9.84 Å². The van der Waals surface area contributed by atoms with E-state index in [1.54, 1.807) is 0 Å². The van der Waals surface area contributed by atoms with Crippen LogP contribution >= 0.6 is 0 Å². The van der Waals surface area contributed by atoms with E-state index in [0.29, 0.717) is 6.92 Å². The van der Waals surface area contributed by atoms with Crippen molar-refractivity contribution in [3.63, 3.8) is 0 Å². The number of ether oxygens (including phenoxy) is 1. The van der Waals surface area contributed by atoms with Gasteiger partial charge in [0.2, 0.25) is 0 Å². The Morgan fingerprint density at radius 1 is 1.16 bits per heavy atom. The summed E-state index contributed by atoms with van der Waals surface area (Å²) in [5.74, 6) is -18.2. The number of hydrogen-bond acceptors (Lipinski definition) is 2. The lowest BCUT2D eigenvalue weighted by atomic mass is 9.99. The van der Waals surface area contributed by atoms with Gasteiger partial charge in [-0.25, -0.2) is 13.6 Å². The van der Waals surface area contributed by atoms with Gasteiger partial charge >= 0.3 is 30.3 Å². The number of carbonyl (C=O) groups is 1. The Kier molecular flexibility index (Phi) is 5.01. The van der Waals surface area contributed by atoms with Crippen molar-refractivity contribution in [1.82, 2.24) is 0 Å². The molecule has 0 saturated carbocycles. The summed E-state index contributed by atoms with van der Waals surface area (Å²) in [4.78, 5) is 9.93. The van der Waals surface area contributed by atoms with Crippen LogP contribution in [0, 0.1) is 0 Å². The van der Waals surface area contributed by atoms with Gasteiger partial charge in [-0.15, -0.1) is 0 Å². The molecule has 114 valence electrons. The van der Waals surface area contributed by atoms with Crippen LogP contribution in [-0.2, 0) is 4.74 Å². The number of rotatable bonds is 6. The van der Waals surface area contributed by atoms with Gasteiger partial charge in [-0.3, -0.25) is 0 Å². The molecule has 1 unspecified atom stereocenters. The molecule has 0 saturated heterocycles. The molecule has 0 radical (unpaired) electrons. The van der Waals surface area contributed by atoms with Crippen molar-refractivity contribution in [3.05, 3.63) is 0 Å². The van der Waals surface area contributed by atoms with Crippen LogP contribution in [0.15, 0.2) is 0 Å². The highest BCUT2D eigenvalue weighted by molar-refractivity contribution is 5.57. The fourth-order valence-corrected chi connectivity index (χ4v) is 1.08. The van der Waals surface area contributed by atoms with Crippen molar-refractivity contribution in [2.24, 2.45) is 0 Å². The molecule has 0 fully saturated rings. The molecule has 0 rings (SSSR count). The maximum atomic E-state index is 12.9. The van der Waals surface area contributed by atoms with Gasteiger partial charge in [0.15, 0.2) is 0 Å². The van der Waals surface area contributed by atoms with Crippen LogP contribution in [0.5, 0.6) is 0 Å². The minimum absolute atomic E-state index is 0.582.